The molecular formula is C17H23N7. The molecular weight excluding hydrogens is 302 g/mol. The molecule has 2 aliphatic rings. The smallest absolute Gasteiger partial charge is 0.220 e. The summed E-state index contributed by atoms with van der Waals surface area (Å²) >= 11 is 0. The van der Waals surface area contributed by atoms with Crippen molar-refractivity contribution in [2.75, 3.05) is 4.90 Å². The van der Waals surface area contributed by atoms with E-state index in [4.69, 9.17) is 16.5 Å². The molecule has 1 aromatic carbocycles. The van der Waals surface area contributed by atoms with Crippen molar-refractivity contribution in [2.45, 2.75) is 51.6 Å². The summed E-state index contributed by atoms with van der Waals surface area (Å²) in [7, 11) is 0. The molecule has 0 unspecified atom stereocenters. The molecule has 0 radical (unpaired) electrons. The maximum Gasteiger partial charge on any atom is 0.220 e. The second-order valence-corrected chi connectivity index (χ2v) is 6.78. The van der Waals surface area contributed by atoms with Gasteiger partial charge in [0.2, 0.25) is 11.9 Å². The third kappa shape index (κ3) is 2.07. The number of hydrogen-bond acceptors (Lipinski definition) is 6. The van der Waals surface area contributed by atoms with Gasteiger partial charge in [0.15, 0.2) is 0 Å². The molecule has 0 atom stereocenters. The minimum absolute atomic E-state index is 0.272. The molecule has 126 valence electrons. The number of nitrogens with two attached hydrogens (primary N) is 2. The SMILES string of the molecule is Cc1cc2[nH]cnc2c(N2C(N)=NC(N)=NC23CCCCC3)c1C. The number of anilines is 1. The third-order valence-corrected chi connectivity index (χ3v) is 5.28. The van der Waals surface area contributed by atoms with Gasteiger partial charge in [-0.2, -0.15) is 4.99 Å². The van der Waals surface area contributed by atoms with Crippen LogP contribution in [0.5, 0.6) is 0 Å². The lowest BCUT2D eigenvalue weighted by Crippen LogP contribution is -2.58. The number of nitrogens with one attached hydrogen (secondary N) is 1. The number of aromatic amines is 1. The predicted molar refractivity (Wildman–Crippen MR) is 97.1 cm³/mol. The molecule has 0 amide bonds. The quantitative estimate of drug-likeness (QED) is 0.747. The number of benzene rings is 1. The normalized spacial score (nSPS) is 20.3. The van der Waals surface area contributed by atoms with Crippen LogP contribution in [0.2, 0.25) is 0 Å². The molecule has 4 rings (SSSR count). The molecule has 5 N–H and O–H groups in total. The number of aryl methyl sites for hydroxylation is 1. The fourth-order valence-electron chi connectivity index (χ4n) is 4.01. The van der Waals surface area contributed by atoms with Crippen LogP contribution in [0, 0.1) is 13.8 Å². The van der Waals surface area contributed by atoms with E-state index in [1.807, 2.05) is 0 Å². The zero-order valence-electron chi connectivity index (χ0n) is 14.1. The highest BCUT2D eigenvalue weighted by Gasteiger charge is 2.44. The van der Waals surface area contributed by atoms with Crippen molar-refractivity contribution in [1.29, 1.82) is 0 Å². The highest BCUT2D eigenvalue weighted by atomic mass is 15.4. The second kappa shape index (κ2) is 5.22. The first-order valence-electron chi connectivity index (χ1n) is 8.45. The average Bonchev–Trinajstić information content (AvgIpc) is 2.98. The van der Waals surface area contributed by atoms with Gasteiger partial charge in [-0.25, -0.2) is 9.98 Å². The molecule has 7 nitrogen and oxygen atoms in total. The van der Waals surface area contributed by atoms with Gasteiger partial charge in [0.05, 0.1) is 17.5 Å². The standard InChI is InChI=1S/C17H23N7/c1-10-8-12-13(21-9-20-12)14(11(10)2)24-16(19)22-15(18)23-17(24)6-4-3-5-7-17/h8-9H,3-7H2,1-2H3,(H,20,21)(H4,18,19,22,23). The summed E-state index contributed by atoms with van der Waals surface area (Å²) < 4.78 is 0. The lowest BCUT2D eigenvalue weighted by molar-refractivity contribution is 0.305. The van der Waals surface area contributed by atoms with Gasteiger partial charge >= 0.3 is 0 Å². The lowest BCUT2D eigenvalue weighted by atomic mass is 9.86. The zero-order valence-corrected chi connectivity index (χ0v) is 14.1. The Hall–Kier alpha value is -2.57. The topological polar surface area (TPSA) is 109 Å². The number of nitrogens with zero attached hydrogens (tertiary/aromatic N) is 4. The molecule has 1 aliphatic heterocycles. The predicted octanol–water partition coefficient (Wildman–Crippen LogP) is 2.29. The molecule has 1 aromatic heterocycles. The van der Waals surface area contributed by atoms with Crippen LogP contribution in [-0.4, -0.2) is 27.5 Å². The van der Waals surface area contributed by atoms with Crippen LogP contribution in [0.4, 0.5) is 5.69 Å². The monoisotopic (exact) mass is 325 g/mol. The van der Waals surface area contributed by atoms with Crippen LogP contribution in [0.15, 0.2) is 22.4 Å². The van der Waals surface area contributed by atoms with Gasteiger partial charge in [0.1, 0.15) is 11.2 Å². The highest BCUT2D eigenvalue weighted by Crippen LogP contribution is 2.43. The van der Waals surface area contributed by atoms with Crippen molar-refractivity contribution in [3.05, 3.63) is 23.5 Å². The van der Waals surface area contributed by atoms with Crippen LogP contribution < -0.4 is 16.4 Å². The van der Waals surface area contributed by atoms with E-state index in [0.717, 1.165) is 48.0 Å². The highest BCUT2D eigenvalue weighted by molar-refractivity contribution is 6.10. The molecule has 1 aliphatic carbocycles. The minimum Gasteiger partial charge on any atom is -0.369 e. The van der Waals surface area contributed by atoms with Crippen molar-refractivity contribution in [3.8, 4) is 0 Å². The Labute approximate surface area is 140 Å². The number of aromatic nitrogens is 2. The number of guanidine groups is 2. The fraction of sp³-hybridized carbons (Fsp3) is 0.471. The Morgan fingerprint density at radius 1 is 1.17 bits per heavy atom. The Morgan fingerprint density at radius 2 is 1.92 bits per heavy atom. The fourth-order valence-corrected chi connectivity index (χ4v) is 4.01. The van der Waals surface area contributed by atoms with E-state index in [2.05, 4.69) is 39.8 Å². The Morgan fingerprint density at radius 3 is 2.67 bits per heavy atom. The number of rotatable bonds is 1. The Kier molecular flexibility index (Phi) is 3.26. The van der Waals surface area contributed by atoms with E-state index in [1.165, 1.54) is 12.0 Å². The summed E-state index contributed by atoms with van der Waals surface area (Å²) in [4.78, 5) is 18.8. The Bertz CT molecular complexity index is 855. The van der Waals surface area contributed by atoms with E-state index in [1.54, 1.807) is 6.33 Å². The van der Waals surface area contributed by atoms with Crippen molar-refractivity contribution < 1.29 is 0 Å². The summed E-state index contributed by atoms with van der Waals surface area (Å²) in [6.45, 7) is 4.20. The van der Waals surface area contributed by atoms with Gasteiger partial charge in [0, 0.05) is 0 Å². The molecule has 1 spiro atoms. The first-order valence-corrected chi connectivity index (χ1v) is 8.45. The molecule has 1 fully saturated rings. The summed E-state index contributed by atoms with van der Waals surface area (Å²) in [5, 5.41) is 0. The van der Waals surface area contributed by atoms with Gasteiger partial charge < -0.3 is 16.5 Å². The van der Waals surface area contributed by atoms with E-state index in [0.29, 0.717) is 5.96 Å². The van der Waals surface area contributed by atoms with Gasteiger partial charge in [-0.05, 0) is 56.7 Å². The first kappa shape index (κ1) is 15.0. The number of aliphatic imine (C=N–C) groups is 2. The van der Waals surface area contributed by atoms with Crippen LogP contribution in [0.1, 0.15) is 43.2 Å². The van der Waals surface area contributed by atoms with E-state index >= 15 is 0 Å². The number of hydrogen-bond donors (Lipinski definition) is 3. The number of fused-ring (bicyclic) bond motifs is 1. The molecule has 24 heavy (non-hydrogen) atoms. The van der Waals surface area contributed by atoms with Crippen LogP contribution in [-0.2, 0) is 0 Å². The van der Waals surface area contributed by atoms with Gasteiger partial charge in [-0.3, -0.25) is 4.90 Å². The van der Waals surface area contributed by atoms with Crippen molar-refractivity contribution in [2.24, 2.45) is 21.5 Å². The van der Waals surface area contributed by atoms with Gasteiger partial charge in [-0.15, -0.1) is 0 Å². The number of imidazole rings is 1. The van der Waals surface area contributed by atoms with Crippen LogP contribution in [0.3, 0.4) is 0 Å². The Balaban J connectivity index is 1.98. The van der Waals surface area contributed by atoms with Crippen LogP contribution >= 0.6 is 0 Å². The minimum atomic E-state index is -0.446. The van der Waals surface area contributed by atoms with Crippen LogP contribution in [0.25, 0.3) is 11.0 Å². The van der Waals surface area contributed by atoms with E-state index < -0.39 is 5.66 Å². The van der Waals surface area contributed by atoms with Gasteiger partial charge in [0.25, 0.3) is 0 Å². The summed E-state index contributed by atoms with van der Waals surface area (Å²) in [6, 6.07) is 2.11. The van der Waals surface area contributed by atoms with E-state index in [-0.39, 0.29) is 5.96 Å². The maximum atomic E-state index is 6.36. The molecule has 0 bridgehead atoms. The van der Waals surface area contributed by atoms with Crippen molar-refractivity contribution in [1.82, 2.24) is 9.97 Å². The van der Waals surface area contributed by atoms with Gasteiger partial charge in [-0.1, -0.05) is 6.42 Å². The molecule has 7 heteroatoms. The zero-order chi connectivity index (χ0) is 16.9. The lowest BCUT2D eigenvalue weighted by Gasteiger charge is -2.46. The second-order valence-electron chi connectivity index (χ2n) is 6.78. The number of H-pyrrole nitrogens is 1. The largest absolute Gasteiger partial charge is 0.369 e. The van der Waals surface area contributed by atoms with E-state index in [9.17, 15) is 0 Å². The molecule has 2 aromatic rings. The van der Waals surface area contributed by atoms with Crippen molar-refractivity contribution in [3.63, 3.8) is 0 Å². The maximum absolute atomic E-state index is 6.36. The summed E-state index contributed by atoms with van der Waals surface area (Å²) in [6.07, 6.45) is 6.98. The molecule has 2 heterocycles. The summed E-state index contributed by atoms with van der Waals surface area (Å²) in [5.41, 5.74) is 17.1. The molecule has 1 saturated carbocycles. The summed E-state index contributed by atoms with van der Waals surface area (Å²) in [5.74, 6) is 0.677. The average molecular weight is 325 g/mol. The van der Waals surface area contributed by atoms with Crippen molar-refractivity contribution >= 4 is 28.6 Å². The first-order chi connectivity index (χ1) is 11.5. The third-order valence-electron chi connectivity index (χ3n) is 5.28. The molecule has 0 saturated heterocycles.